The normalized spacial score (nSPS) is 24.7. The zero-order valence-corrected chi connectivity index (χ0v) is 17.9. The Morgan fingerprint density at radius 1 is 1.25 bits per heavy atom. The number of nitrogens with one attached hydrogen (secondary N) is 1. The van der Waals surface area contributed by atoms with Crippen molar-refractivity contribution in [3.05, 3.63) is 47.9 Å². The molecule has 4 heterocycles. The number of nitrogens with zero attached hydrogens (tertiary/aromatic N) is 4. The fourth-order valence-electron chi connectivity index (χ4n) is 5.32. The number of nitrogens with two attached hydrogens (primary N) is 1. The minimum absolute atomic E-state index is 0.0289. The molecule has 2 fully saturated rings. The number of fused-ring (bicyclic) bond motifs is 3. The molecule has 9 heteroatoms. The van der Waals surface area contributed by atoms with E-state index in [4.69, 9.17) is 10.5 Å². The molecular weight excluding hydrogens is 408 g/mol. The van der Waals surface area contributed by atoms with Gasteiger partial charge < -0.3 is 20.7 Å². The van der Waals surface area contributed by atoms with Crippen molar-refractivity contribution in [3.63, 3.8) is 0 Å². The number of rotatable bonds is 4. The van der Waals surface area contributed by atoms with Crippen LogP contribution in [0.3, 0.4) is 0 Å². The van der Waals surface area contributed by atoms with Crippen LogP contribution in [0.1, 0.15) is 29.8 Å². The quantitative estimate of drug-likeness (QED) is 0.650. The molecule has 1 aliphatic carbocycles. The highest BCUT2D eigenvalue weighted by atomic mass is 16.5. The van der Waals surface area contributed by atoms with Gasteiger partial charge in [-0.25, -0.2) is 9.50 Å². The summed E-state index contributed by atoms with van der Waals surface area (Å²) >= 11 is 0. The van der Waals surface area contributed by atoms with Crippen molar-refractivity contribution in [2.75, 3.05) is 23.3 Å². The Bertz CT molecular complexity index is 1270. The first-order chi connectivity index (χ1) is 15.3. The van der Waals surface area contributed by atoms with E-state index in [2.05, 4.69) is 34.1 Å². The van der Waals surface area contributed by atoms with Crippen LogP contribution < -0.4 is 20.7 Å². The van der Waals surface area contributed by atoms with E-state index in [0.717, 1.165) is 42.2 Å². The number of anilines is 2. The van der Waals surface area contributed by atoms with E-state index in [1.807, 2.05) is 12.1 Å². The second-order valence-corrected chi connectivity index (χ2v) is 9.58. The number of hydrogen-bond donors (Lipinski definition) is 2. The van der Waals surface area contributed by atoms with Crippen LogP contribution in [-0.4, -0.2) is 45.1 Å². The average molecular weight is 432 g/mol. The number of benzene rings is 1. The van der Waals surface area contributed by atoms with Crippen molar-refractivity contribution in [2.45, 2.75) is 25.9 Å². The summed E-state index contributed by atoms with van der Waals surface area (Å²) in [5.74, 6) is 0.896. The topological polar surface area (TPSA) is 115 Å². The number of ether oxygens (including phenoxy) is 1. The number of carbonyl (C=O) groups is 2. The van der Waals surface area contributed by atoms with Crippen LogP contribution in [0, 0.1) is 17.8 Å². The maximum Gasteiger partial charge on any atom is 0.261 e. The summed E-state index contributed by atoms with van der Waals surface area (Å²) in [5, 5.41) is 7.30. The van der Waals surface area contributed by atoms with Gasteiger partial charge >= 0.3 is 0 Å². The van der Waals surface area contributed by atoms with Crippen molar-refractivity contribution >= 4 is 28.8 Å². The van der Waals surface area contributed by atoms with E-state index in [-0.39, 0.29) is 35.2 Å². The van der Waals surface area contributed by atoms with E-state index >= 15 is 0 Å². The fourth-order valence-corrected chi connectivity index (χ4v) is 5.32. The number of hydrogen-bond acceptors (Lipinski definition) is 6. The summed E-state index contributed by atoms with van der Waals surface area (Å²) in [6.07, 6.45) is 5.68. The van der Waals surface area contributed by atoms with Gasteiger partial charge in [0, 0.05) is 49.5 Å². The highest BCUT2D eigenvalue weighted by Gasteiger charge is 2.59. The van der Waals surface area contributed by atoms with Crippen molar-refractivity contribution in [1.29, 1.82) is 0 Å². The molecule has 0 radical (unpaired) electrons. The van der Waals surface area contributed by atoms with Crippen LogP contribution in [-0.2, 0) is 11.2 Å². The van der Waals surface area contributed by atoms with E-state index < -0.39 is 0 Å². The molecular formula is C23H24N6O3. The van der Waals surface area contributed by atoms with Gasteiger partial charge in [0.25, 0.3) is 5.91 Å². The molecule has 164 valence electrons. The van der Waals surface area contributed by atoms with Crippen molar-refractivity contribution in [3.8, 4) is 5.75 Å². The Kier molecular flexibility index (Phi) is 3.84. The van der Waals surface area contributed by atoms with Gasteiger partial charge in [-0.15, -0.1) is 0 Å². The third kappa shape index (κ3) is 2.91. The third-order valence-electron chi connectivity index (χ3n) is 6.82. The van der Waals surface area contributed by atoms with E-state index in [0.29, 0.717) is 11.2 Å². The van der Waals surface area contributed by atoms with E-state index in [1.165, 1.54) is 6.20 Å². The van der Waals surface area contributed by atoms with Crippen LogP contribution >= 0.6 is 0 Å². The SMILES string of the molecule is CC1(C)Cc2cc(NC(=O)c3cnn4cccnc34)c(N3CC4C(C3)C4C(N)=O)cc2O1. The molecule has 6 rings (SSSR count). The lowest BCUT2D eigenvalue weighted by Crippen LogP contribution is -2.29. The first-order valence-electron chi connectivity index (χ1n) is 10.8. The van der Waals surface area contributed by atoms with E-state index in [9.17, 15) is 9.59 Å². The Hall–Kier alpha value is -3.62. The summed E-state index contributed by atoms with van der Waals surface area (Å²) in [4.78, 5) is 31.3. The summed E-state index contributed by atoms with van der Waals surface area (Å²) in [5.41, 5.74) is 8.83. The summed E-state index contributed by atoms with van der Waals surface area (Å²) < 4.78 is 7.72. The smallest absolute Gasteiger partial charge is 0.261 e. The highest BCUT2D eigenvalue weighted by Crippen LogP contribution is 2.54. The van der Waals surface area contributed by atoms with Gasteiger partial charge in [0.15, 0.2) is 5.65 Å². The zero-order valence-electron chi connectivity index (χ0n) is 17.9. The van der Waals surface area contributed by atoms with Gasteiger partial charge in [0.1, 0.15) is 16.9 Å². The molecule has 2 aromatic heterocycles. The predicted octanol–water partition coefficient (Wildman–Crippen LogP) is 1.86. The Morgan fingerprint density at radius 2 is 2.03 bits per heavy atom. The molecule has 3 aliphatic rings. The van der Waals surface area contributed by atoms with Gasteiger partial charge in [0.2, 0.25) is 5.91 Å². The predicted molar refractivity (Wildman–Crippen MR) is 118 cm³/mol. The van der Waals surface area contributed by atoms with Crippen LogP contribution in [0.15, 0.2) is 36.8 Å². The molecule has 2 amide bonds. The molecule has 0 spiro atoms. The molecule has 2 atom stereocenters. The second-order valence-electron chi connectivity index (χ2n) is 9.58. The molecule has 9 nitrogen and oxygen atoms in total. The lowest BCUT2D eigenvalue weighted by atomic mass is 10.0. The molecule has 3 aromatic rings. The summed E-state index contributed by atoms with van der Waals surface area (Å²) in [6.45, 7) is 5.58. The van der Waals surface area contributed by atoms with Crippen LogP contribution in [0.4, 0.5) is 11.4 Å². The van der Waals surface area contributed by atoms with Crippen LogP contribution in [0.25, 0.3) is 5.65 Å². The Balaban J connectivity index is 1.34. The average Bonchev–Trinajstić information content (AvgIpc) is 3.07. The standard InChI is InChI=1S/C23H24N6O3/c1-23(2)8-12-6-16(27-22(31)13-9-26-29-5-3-4-25-21(13)29)17(7-18(12)32-23)28-10-14-15(11-28)19(14)20(24)30/h3-7,9,14-15,19H,8,10-11H2,1-2H3,(H2,24,30)(H,27,31). The summed E-state index contributed by atoms with van der Waals surface area (Å²) in [7, 11) is 0. The van der Waals surface area contributed by atoms with Gasteiger partial charge in [-0.2, -0.15) is 5.10 Å². The van der Waals surface area contributed by atoms with Gasteiger partial charge in [-0.05, 0) is 37.8 Å². The van der Waals surface area contributed by atoms with Crippen molar-refractivity contribution < 1.29 is 14.3 Å². The van der Waals surface area contributed by atoms with Gasteiger partial charge in [-0.1, -0.05) is 0 Å². The summed E-state index contributed by atoms with van der Waals surface area (Å²) in [6, 6.07) is 5.78. The highest BCUT2D eigenvalue weighted by molar-refractivity contribution is 6.09. The van der Waals surface area contributed by atoms with E-state index in [1.54, 1.807) is 23.0 Å². The first-order valence-corrected chi connectivity index (χ1v) is 10.8. The number of amides is 2. The maximum absolute atomic E-state index is 13.2. The molecule has 3 N–H and O–H groups in total. The van der Waals surface area contributed by atoms with Crippen molar-refractivity contribution in [2.24, 2.45) is 23.5 Å². The minimum Gasteiger partial charge on any atom is -0.487 e. The first kappa shape index (κ1) is 19.1. The van der Waals surface area contributed by atoms with Crippen molar-refractivity contribution in [1.82, 2.24) is 14.6 Å². The number of carbonyl (C=O) groups excluding carboxylic acids is 2. The molecule has 32 heavy (non-hydrogen) atoms. The molecule has 1 aromatic carbocycles. The second kappa shape index (κ2) is 6.44. The van der Waals surface area contributed by atoms with Gasteiger partial charge in [-0.3, -0.25) is 9.59 Å². The molecule has 0 bridgehead atoms. The Labute approximate surface area is 184 Å². The number of primary amides is 1. The minimum atomic E-state index is -0.293. The molecule has 1 saturated heterocycles. The fraction of sp³-hybridized carbons (Fsp3) is 0.391. The zero-order chi connectivity index (χ0) is 22.2. The number of aromatic nitrogens is 3. The van der Waals surface area contributed by atoms with Crippen LogP contribution in [0.2, 0.25) is 0 Å². The monoisotopic (exact) mass is 432 g/mol. The third-order valence-corrected chi connectivity index (χ3v) is 6.82. The maximum atomic E-state index is 13.2. The lowest BCUT2D eigenvalue weighted by molar-refractivity contribution is -0.119. The number of piperidine rings is 1. The largest absolute Gasteiger partial charge is 0.487 e. The lowest BCUT2D eigenvalue weighted by Gasteiger charge is -2.25. The molecule has 2 aliphatic heterocycles. The Morgan fingerprint density at radius 3 is 2.78 bits per heavy atom. The van der Waals surface area contributed by atoms with Gasteiger partial charge in [0.05, 0.1) is 17.6 Å². The van der Waals surface area contributed by atoms with Crippen LogP contribution in [0.5, 0.6) is 5.75 Å². The molecule has 2 unspecified atom stereocenters. The molecule has 1 saturated carbocycles.